The first kappa shape index (κ1) is 12.6. The van der Waals surface area contributed by atoms with E-state index >= 15 is 0 Å². The maximum Gasteiger partial charge on any atom is 0.267 e. The Balaban J connectivity index is 2.61. The highest BCUT2D eigenvalue weighted by molar-refractivity contribution is 14.1. The van der Waals surface area contributed by atoms with Gasteiger partial charge in [0, 0.05) is 12.7 Å². The highest BCUT2D eigenvalue weighted by Crippen LogP contribution is 1.92. The maximum atomic E-state index is 11.5. The number of hydrogen-bond donors (Lipinski definition) is 1. The molecule has 1 amide bonds. The summed E-state index contributed by atoms with van der Waals surface area (Å²) < 4.78 is 1.69. The third-order valence-corrected chi connectivity index (χ3v) is 2.47. The Morgan fingerprint density at radius 3 is 3.12 bits per heavy atom. The summed E-state index contributed by atoms with van der Waals surface area (Å²) in [4.78, 5) is 26.7. The number of amides is 1. The van der Waals surface area contributed by atoms with E-state index in [1.165, 1.54) is 17.1 Å². The van der Waals surface area contributed by atoms with E-state index in [0.29, 0.717) is 10.1 Å². The van der Waals surface area contributed by atoms with Crippen molar-refractivity contribution in [3.8, 4) is 6.07 Å². The fourth-order valence-electron chi connectivity index (χ4n) is 1.01. The lowest BCUT2D eigenvalue weighted by Gasteiger charge is -2.05. The molecule has 0 radical (unpaired) electrons. The number of nitriles is 1. The minimum atomic E-state index is -0.304. The summed E-state index contributed by atoms with van der Waals surface area (Å²) in [5.41, 5.74) is -0.244. The van der Waals surface area contributed by atoms with Gasteiger partial charge in [-0.25, -0.2) is 4.98 Å². The van der Waals surface area contributed by atoms with Crippen LogP contribution in [0.3, 0.4) is 0 Å². The number of rotatable bonds is 4. The van der Waals surface area contributed by atoms with Crippen molar-refractivity contribution in [2.45, 2.75) is 13.0 Å². The van der Waals surface area contributed by atoms with Gasteiger partial charge in [0.15, 0.2) is 0 Å². The number of carbonyl (C=O) groups excluding carboxylic acids is 1. The number of aromatic nitrogens is 2. The van der Waals surface area contributed by atoms with Crippen LogP contribution in [0.4, 0.5) is 0 Å². The molecule has 0 saturated heterocycles. The number of nitrogens with one attached hydrogen (secondary N) is 1. The van der Waals surface area contributed by atoms with Crippen molar-refractivity contribution < 1.29 is 4.79 Å². The van der Waals surface area contributed by atoms with Gasteiger partial charge < -0.3 is 5.32 Å². The van der Waals surface area contributed by atoms with Crippen molar-refractivity contribution >= 4 is 28.5 Å². The van der Waals surface area contributed by atoms with Gasteiger partial charge >= 0.3 is 0 Å². The van der Waals surface area contributed by atoms with Crippen molar-refractivity contribution in [1.29, 1.82) is 5.26 Å². The molecular weight excluding hydrogens is 323 g/mol. The van der Waals surface area contributed by atoms with Gasteiger partial charge in [0.2, 0.25) is 5.91 Å². The van der Waals surface area contributed by atoms with Gasteiger partial charge in [0.1, 0.15) is 6.54 Å². The molecule has 1 aromatic heterocycles. The smallest absolute Gasteiger partial charge is 0.267 e. The number of hydrogen-bond acceptors (Lipinski definition) is 4. The Morgan fingerprint density at radius 1 is 1.69 bits per heavy atom. The molecule has 6 nitrogen and oxygen atoms in total. The Hall–Kier alpha value is -1.43. The molecule has 7 heteroatoms. The number of carbonyl (C=O) groups is 1. The van der Waals surface area contributed by atoms with Crippen molar-refractivity contribution in [3.05, 3.63) is 26.4 Å². The van der Waals surface area contributed by atoms with E-state index in [-0.39, 0.29) is 24.4 Å². The molecule has 0 saturated carbocycles. The van der Waals surface area contributed by atoms with Gasteiger partial charge in [-0.15, -0.1) is 0 Å². The molecule has 0 spiro atoms. The molecule has 0 bridgehead atoms. The summed E-state index contributed by atoms with van der Waals surface area (Å²) in [5, 5.41) is 10.8. The second-order valence-corrected chi connectivity index (χ2v) is 4.09. The Bertz CT molecular complexity index is 477. The van der Waals surface area contributed by atoms with Crippen molar-refractivity contribution in [1.82, 2.24) is 14.9 Å². The molecule has 0 aliphatic carbocycles. The molecule has 0 atom stereocenters. The second kappa shape index (κ2) is 6.22. The van der Waals surface area contributed by atoms with Crippen LogP contribution >= 0.6 is 22.6 Å². The molecule has 0 aliphatic heterocycles. The van der Waals surface area contributed by atoms with E-state index in [1.807, 2.05) is 28.7 Å². The van der Waals surface area contributed by atoms with Crippen LogP contribution in [-0.4, -0.2) is 22.0 Å². The van der Waals surface area contributed by atoms with Crippen LogP contribution in [0.2, 0.25) is 0 Å². The van der Waals surface area contributed by atoms with E-state index in [1.54, 1.807) is 0 Å². The molecule has 0 aromatic carbocycles. The SMILES string of the molecule is N#CCCNC(=O)Cn1cncc(I)c1=O. The maximum absolute atomic E-state index is 11.5. The summed E-state index contributed by atoms with van der Waals surface area (Å²) in [6, 6.07) is 1.91. The van der Waals surface area contributed by atoms with Gasteiger partial charge in [0.05, 0.1) is 22.4 Å². The Labute approximate surface area is 105 Å². The van der Waals surface area contributed by atoms with Crippen molar-refractivity contribution in [2.24, 2.45) is 0 Å². The molecule has 1 rings (SSSR count). The van der Waals surface area contributed by atoms with Crippen LogP contribution in [0.25, 0.3) is 0 Å². The van der Waals surface area contributed by atoms with Crippen LogP contribution < -0.4 is 10.9 Å². The predicted octanol–water partition coefficient (Wildman–Crippen LogP) is -0.122. The van der Waals surface area contributed by atoms with Gasteiger partial charge in [-0.05, 0) is 22.6 Å². The van der Waals surface area contributed by atoms with E-state index in [2.05, 4.69) is 10.3 Å². The van der Waals surface area contributed by atoms with Gasteiger partial charge in [-0.1, -0.05) is 0 Å². The fourth-order valence-corrected chi connectivity index (χ4v) is 1.48. The monoisotopic (exact) mass is 332 g/mol. The minimum absolute atomic E-state index is 0.0753. The minimum Gasteiger partial charge on any atom is -0.354 e. The lowest BCUT2D eigenvalue weighted by molar-refractivity contribution is -0.121. The van der Waals surface area contributed by atoms with Gasteiger partial charge in [-0.2, -0.15) is 5.26 Å². The molecule has 0 unspecified atom stereocenters. The van der Waals surface area contributed by atoms with Crippen LogP contribution in [-0.2, 0) is 11.3 Å². The molecular formula is C9H9IN4O2. The van der Waals surface area contributed by atoms with Gasteiger partial charge in [0.25, 0.3) is 5.56 Å². The summed E-state index contributed by atoms with van der Waals surface area (Å²) in [6.07, 6.45) is 3.01. The largest absolute Gasteiger partial charge is 0.354 e. The summed E-state index contributed by atoms with van der Waals surface area (Å²) in [7, 11) is 0. The first-order valence-electron chi connectivity index (χ1n) is 4.48. The lowest BCUT2D eigenvalue weighted by Crippen LogP contribution is -2.33. The normalized spacial score (nSPS) is 9.50. The number of halogens is 1. The molecule has 16 heavy (non-hydrogen) atoms. The lowest BCUT2D eigenvalue weighted by atomic mass is 10.4. The zero-order valence-electron chi connectivity index (χ0n) is 8.31. The average Bonchev–Trinajstić information content (AvgIpc) is 2.25. The Kier molecular flexibility index (Phi) is 4.91. The first-order chi connectivity index (χ1) is 7.65. The van der Waals surface area contributed by atoms with E-state index in [9.17, 15) is 9.59 Å². The van der Waals surface area contributed by atoms with Crippen LogP contribution in [0.1, 0.15) is 6.42 Å². The van der Waals surface area contributed by atoms with E-state index < -0.39 is 0 Å². The third-order valence-electron chi connectivity index (χ3n) is 1.73. The summed E-state index contributed by atoms with van der Waals surface area (Å²) in [6.45, 7) is 0.218. The quantitative estimate of drug-likeness (QED) is 0.615. The third kappa shape index (κ3) is 3.62. The zero-order chi connectivity index (χ0) is 12.0. The predicted molar refractivity (Wildman–Crippen MR) is 64.5 cm³/mol. The topological polar surface area (TPSA) is 87.8 Å². The molecule has 1 heterocycles. The van der Waals surface area contributed by atoms with Crippen LogP contribution in [0.15, 0.2) is 17.3 Å². The highest BCUT2D eigenvalue weighted by Gasteiger charge is 2.05. The van der Waals surface area contributed by atoms with Gasteiger partial charge in [-0.3, -0.25) is 14.2 Å². The molecule has 84 valence electrons. The van der Waals surface area contributed by atoms with Crippen molar-refractivity contribution in [3.63, 3.8) is 0 Å². The highest BCUT2D eigenvalue weighted by atomic mass is 127. The fraction of sp³-hybridized carbons (Fsp3) is 0.333. The summed E-state index contributed by atoms with van der Waals surface area (Å²) >= 11 is 1.86. The molecule has 1 N–H and O–H groups in total. The van der Waals surface area contributed by atoms with Crippen LogP contribution in [0.5, 0.6) is 0 Å². The Morgan fingerprint density at radius 2 is 2.44 bits per heavy atom. The summed E-state index contributed by atoms with van der Waals surface area (Å²) in [5.74, 6) is -0.304. The first-order valence-corrected chi connectivity index (χ1v) is 5.56. The number of nitrogens with zero attached hydrogens (tertiary/aromatic N) is 3. The standard InChI is InChI=1S/C9H9IN4O2/c10-7-4-12-6-14(9(7)16)5-8(15)13-3-1-2-11/h4,6H,1,3,5H2,(H,13,15). The van der Waals surface area contributed by atoms with Crippen LogP contribution in [0, 0.1) is 14.9 Å². The zero-order valence-corrected chi connectivity index (χ0v) is 10.5. The molecule has 1 aromatic rings. The molecule has 0 fully saturated rings. The van der Waals surface area contributed by atoms with Crippen molar-refractivity contribution in [2.75, 3.05) is 6.54 Å². The average molecular weight is 332 g/mol. The molecule has 0 aliphatic rings. The van der Waals surface area contributed by atoms with E-state index in [4.69, 9.17) is 5.26 Å². The van der Waals surface area contributed by atoms with E-state index in [0.717, 1.165) is 0 Å². The second-order valence-electron chi connectivity index (χ2n) is 2.93.